The van der Waals surface area contributed by atoms with Crippen LogP contribution in [0.1, 0.15) is 92.9 Å². The van der Waals surface area contributed by atoms with Crippen molar-refractivity contribution in [1.82, 2.24) is 0 Å². The first-order valence-electron chi connectivity index (χ1n) is 9.05. The Kier molecular flexibility index (Phi) is 18.5. The van der Waals surface area contributed by atoms with Gasteiger partial charge in [-0.1, -0.05) is 39.5 Å². The van der Waals surface area contributed by atoms with Crippen LogP contribution >= 0.6 is 0 Å². The smallest absolute Gasteiger partial charge is 0.0491 e. The van der Waals surface area contributed by atoms with E-state index in [0.717, 1.165) is 32.7 Å². The third-order valence-corrected chi connectivity index (χ3v) is 5.91. The van der Waals surface area contributed by atoms with Crippen LogP contribution in [-0.4, -0.2) is 5.54 Å². The van der Waals surface area contributed by atoms with Crippen molar-refractivity contribution in [2.24, 2.45) is 15.2 Å². The van der Waals surface area contributed by atoms with E-state index in [9.17, 15) is 0 Å². The third-order valence-electron chi connectivity index (χ3n) is 3.75. The van der Waals surface area contributed by atoms with Crippen LogP contribution in [0.4, 0.5) is 0 Å². The molecule has 22 heavy (non-hydrogen) atoms. The van der Waals surface area contributed by atoms with E-state index in [1.807, 2.05) is 0 Å². The maximum atomic E-state index is 4.13. The summed E-state index contributed by atoms with van der Waals surface area (Å²) in [6, 6.07) is 0. The van der Waals surface area contributed by atoms with Gasteiger partial charge in [0, 0.05) is 0 Å². The minimum atomic E-state index is 0.216. The molecule has 1 nitrogen and oxygen atoms in total. The van der Waals surface area contributed by atoms with Crippen molar-refractivity contribution in [3.63, 3.8) is 0 Å². The van der Waals surface area contributed by atoms with Gasteiger partial charge in [0.05, 0.1) is 0 Å². The zero-order valence-electron chi connectivity index (χ0n) is 16.1. The summed E-state index contributed by atoms with van der Waals surface area (Å²) in [5, 5.41) is 0. The van der Waals surface area contributed by atoms with Crippen molar-refractivity contribution in [1.29, 1.82) is 0 Å². The van der Waals surface area contributed by atoms with Crippen molar-refractivity contribution in [2.75, 3.05) is 0 Å². The molecule has 0 aromatic rings. The maximum absolute atomic E-state index is 4.13. The quantitative estimate of drug-likeness (QED) is 0.330. The fourth-order valence-corrected chi connectivity index (χ4v) is 2.19. The zero-order valence-corrected chi connectivity index (χ0v) is 19.3. The predicted molar refractivity (Wildman–Crippen MR) is 97.1 cm³/mol. The minimum absolute atomic E-state index is 0.216. The molecule has 2 rings (SSSR count). The molecule has 0 spiro atoms. The second kappa shape index (κ2) is 16.4. The second-order valence-electron chi connectivity index (χ2n) is 7.37. The van der Waals surface area contributed by atoms with Gasteiger partial charge in [0.25, 0.3) is 0 Å². The minimum Gasteiger partial charge on any atom is -0.346 e. The molecule has 0 heterocycles. The second-order valence-corrected chi connectivity index (χ2v) is 8.09. The van der Waals surface area contributed by atoms with E-state index < -0.39 is 0 Å². The van der Waals surface area contributed by atoms with Crippen molar-refractivity contribution in [2.45, 2.75) is 98.4 Å². The van der Waals surface area contributed by atoms with Gasteiger partial charge in [0.1, 0.15) is 0 Å². The summed E-state index contributed by atoms with van der Waals surface area (Å²) in [7, 11) is 0. The Balaban J connectivity index is 0. The van der Waals surface area contributed by atoms with Gasteiger partial charge in [-0.05, 0) is 11.8 Å². The molecular weight excluding hydrogens is 435 g/mol. The first-order valence-corrected chi connectivity index (χ1v) is 10.5. The number of nitrogens with zero attached hydrogens (tertiary/aromatic N) is 1. The molecule has 2 heteroatoms. The van der Waals surface area contributed by atoms with Gasteiger partial charge < -0.3 is 19.8 Å². The molecule has 0 N–H and O–H groups in total. The summed E-state index contributed by atoms with van der Waals surface area (Å²) in [4.78, 5) is 0. The Morgan fingerprint density at radius 2 is 1.05 bits per heavy atom. The Morgan fingerprint density at radius 3 is 1.14 bits per heavy atom. The molecule has 0 radical (unpaired) electrons. The molecule has 0 aromatic heterocycles. The molecule has 133 valence electrons. The van der Waals surface area contributed by atoms with Crippen LogP contribution in [0.25, 0.3) is 0 Å². The Morgan fingerprint density at radius 1 is 0.818 bits per heavy atom. The van der Waals surface area contributed by atoms with Gasteiger partial charge in [-0.2, -0.15) is 32.6 Å². The number of hydrogen-bond acceptors (Lipinski definition) is 1. The van der Waals surface area contributed by atoms with Crippen molar-refractivity contribution < 1.29 is 20.9 Å². The van der Waals surface area contributed by atoms with Gasteiger partial charge >= 0.3 is 50.5 Å². The van der Waals surface area contributed by atoms with Gasteiger partial charge in [-0.3, -0.25) is 0 Å². The molecule has 0 atom stereocenters. The van der Waals surface area contributed by atoms with Crippen LogP contribution in [0.5, 0.6) is 0 Å². The monoisotopic (exact) mass is 475 g/mol. The summed E-state index contributed by atoms with van der Waals surface area (Å²) in [6.07, 6.45) is 16.0. The average molecular weight is 475 g/mol. The van der Waals surface area contributed by atoms with Crippen LogP contribution in [0.15, 0.2) is 3.34 Å². The number of hydrogen-bond donors (Lipinski definition) is 0. The summed E-state index contributed by atoms with van der Waals surface area (Å²) >= 11 is 1.15. The van der Waals surface area contributed by atoms with E-state index in [-0.39, 0.29) is 5.54 Å². The molecule has 2 saturated carbocycles. The SMILES string of the molecule is CC(C)(C)[N]=[Ta].CC1CC[CH-]CC1.CC1CC[CH-]CC1.[CH2-]C. The predicted octanol–water partition coefficient (Wildman–Crippen LogP) is 7.16. The number of rotatable bonds is 0. The Hall–Kier alpha value is 0.540. The van der Waals surface area contributed by atoms with Crippen LogP contribution in [0.3, 0.4) is 0 Å². The van der Waals surface area contributed by atoms with Gasteiger partial charge in [0.15, 0.2) is 0 Å². The van der Waals surface area contributed by atoms with E-state index in [1.54, 1.807) is 6.92 Å². The largest absolute Gasteiger partial charge is 0.346 e. The maximum Gasteiger partial charge on any atom is -0.0491 e. The van der Waals surface area contributed by atoms with E-state index >= 15 is 0 Å². The summed E-state index contributed by atoms with van der Waals surface area (Å²) in [5.41, 5.74) is 0.216. The standard InChI is InChI=1S/2C7H13.C4H9N.C2H5.Ta/c2*1-7-5-3-2-4-6-7;1-4(2,3)5;1-2;/h2*2,7H,3-6H2,1H3;1-3H3;1H2,2H3;/q2*-1;;-1;. The molecule has 0 bridgehead atoms. The summed E-state index contributed by atoms with van der Waals surface area (Å²) in [6.45, 7) is 16.0. The van der Waals surface area contributed by atoms with Gasteiger partial charge in [-0.15, -0.1) is 0 Å². The summed E-state index contributed by atoms with van der Waals surface area (Å²) < 4.78 is 4.13. The molecule has 2 aliphatic carbocycles. The Labute approximate surface area is 154 Å². The third kappa shape index (κ3) is 20.5. The van der Waals surface area contributed by atoms with Crippen LogP contribution in [0, 0.1) is 31.6 Å². The van der Waals surface area contributed by atoms with Crippen LogP contribution < -0.4 is 0 Å². The van der Waals surface area contributed by atoms with Gasteiger partial charge in [-0.25, -0.2) is 0 Å². The fourth-order valence-electron chi connectivity index (χ4n) is 2.19. The molecule has 0 amide bonds. The van der Waals surface area contributed by atoms with Crippen molar-refractivity contribution in [3.8, 4) is 0 Å². The first-order chi connectivity index (χ1) is 10.3. The van der Waals surface area contributed by atoms with E-state index in [1.165, 1.54) is 51.4 Å². The van der Waals surface area contributed by atoms with Gasteiger partial charge in [0.2, 0.25) is 0 Å². The van der Waals surface area contributed by atoms with Crippen LogP contribution in [-0.2, 0) is 20.9 Å². The van der Waals surface area contributed by atoms with E-state index in [4.69, 9.17) is 0 Å². The fraction of sp³-hybridized carbons (Fsp3) is 0.850. The molecule has 0 aliphatic heterocycles. The average Bonchev–Trinajstić information content (AvgIpc) is 2.51. The normalized spacial score (nSPS) is 19.4. The zero-order chi connectivity index (χ0) is 17.4. The Bertz CT molecular complexity index is 204. The van der Waals surface area contributed by atoms with Crippen LogP contribution in [0.2, 0.25) is 0 Å². The van der Waals surface area contributed by atoms with E-state index in [0.29, 0.717) is 0 Å². The first kappa shape index (κ1) is 24.8. The molecule has 2 aliphatic rings. The topological polar surface area (TPSA) is 12.4 Å². The molecular formula is C20H40NTa-3. The van der Waals surface area contributed by atoms with Crippen molar-refractivity contribution in [3.05, 3.63) is 19.8 Å². The summed E-state index contributed by atoms with van der Waals surface area (Å²) in [5.74, 6) is 2.01. The van der Waals surface area contributed by atoms with E-state index in [2.05, 4.69) is 57.7 Å². The molecule has 0 unspecified atom stereocenters. The van der Waals surface area contributed by atoms with Crippen molar-refractivity contribution >= 4 is 0 Å². The molecule has 2 fully saturated rings. The molecule has 0 saturated heterocycles. The molecule has 0 aromatic carbocycles.